The average molecular weight is 291 g/mol. The predicted molar refractivity (Wildman–Crippen MR) is 82.7 cm³/mol. The fourth-order valence-electron chi connectivity index (χ4n) is 4.07. The van der Waals surface area contributed by atoms with Crippen LogP contribution in [0.1, 0.15) is 37.6 Å². The van der Waals surface area contributed by atoms with Crippen molar-refractivity contribution in [1.29, 1.82) is 0 Å². The molecular weight excluding hydrogens is 266 g/mol. The number of hydrogen-bond donors (Lipinski definition) is 1. The number of rotatable bonds is 5. The third-order valence-electron chi connectivity index (χ3n) is 5.75. The van der Waals surface area contributed by atoms with Crippen LogP contribution in [0.4, 0.5) is 0 Å². The topological polar surface area (TPSA) is 28.2 Å². The van der Waals surface area contributed by atoms with Crippen molar-refractivity contribution in [1.82, 2.24) is 15.2 Å². The summed E-state index contributed by atoms with van der Waals surface area (Å²) in [5, 5.41) is 6.93. The van der Waals surface area contributed by atoms with Crippen LogP contribution in [-0.2, 0) is 6.54 Å². The molecule has 2 aliphatic carbocycles. The summed E-state index contributed by atoms with van der Waals surface area (Å²) in [6, 6.07) is 0.835. The van der Waals surface area contributed by atoms with Crippen molar-refractivity contribution in [3.8, 4) is 0 Å². The Balaban J connectivity index is 1.44. The van der Waals surface area contributed by atoms with E-state index in [0.717, 1.165) is 24.4 Å². The first kappa shape index (κ1) is 13.2. The van der Waals surface area contributed by atoms with Gasteiger partial charge in [-0.2, -0.15) is 0 Å². The number of piperidine rings is 1. The number of nitrogens with zero attached hydrogens (tertiary/aromatic N) is 2. The molecular formula is C16H25N3S. The number of nitrogens with one attached hydrogen (secondary N) is 1. The van der Waals surface area contributed by atoms with Crippen LogP contribution >= 0.6 is 11.3 Å². The van der Waals surface area contributed by atoms with E-state index in [2.05, 4.69) is 27.5 Å². The molecule has 3 fully saturated rings. The fourth-order valence-corrected chi connectivity index (χ4v) is 4.71. The maximum absolute atomic E-state index is 4.51. The molecule has 1 aromatic heterocycles. The zero-order valence-electron chi connectivity index (χ0n) is 12.3. The Morgan fingerprint density at radius 3 is 2.90 bits per heavy atom. The van der Waals surface area contributed by atoms with Crippen molar-refractivity contribution in [2.75, 3.05) is 19.6 Å². The molecule has 1 spiro atoms. The highest BCUT2D eigenvalue weighted by Crippen LogP contribution is 2.56. The SMILES string of the molecule is CC1CC1CN(Cc1nccs1)C1CC12CCNCC2. The normalized spacial score (nSPS) is 34.6. The predicted octanol–water partition coefficient (Wildman–Crippen LogP) is 2.74. The summed E-state index contributed by atoms with van der Waals surface area (Å²) >= 11 is 1.81. The molecule has 0 aromatic carbocycles. The van der Waals surface area contributed by atoms with Gasteiger partial charge in [0.15, 0.2) is 0 Å². The van der Waals surface area contributed by atoms with Crippen molar-refractivity contribution >= 4 is 11.3 Å². The third kappa shape index (κ3) is 2.53. The highest BCUT2D eigenvalue weighted by molar-refractivity contribution is 7.09. The average Bonchev–Trinajstić information content (AvgIpc) is 3.25. The van der Waals surface area contributed by atoms with Gasteiger partial charge in [-0.25, -0.2) is 4.98 Å². The molecule has 0 bridgehead atoms. The molecule has 1 saturated heterocycles. The summed E-state index contributed by atoms with van der Waals surface area (Å²) in [6.45, 7) is 7.24. The maximum atomic E-state index is 4.51. The largest absolute Gasteiger partial charge is 0.317 e. The zero-order chi connectivity index (χ0) is 13.6. The van der Waals surface area contributed by atoms with E-state index in [0.29, 0.717) is 5.41 Å². The van der Waals surface area contributed by atoms with E-state index in [1.165, 1.54) is 50.3 Å². The van der Waals surface area contributed by atoms with Crippen molar-refractivity contribution in [3.63, 3.8) is 0 Å². The van der Waals surface area contributed by atoms with Crippen LogP contribution < -0.4 is 5.32 Å². The Kier molecular flexibility index (Phi) is 3.36. The van der Waals surface area contributed by atoms with Gasteiger partial charge in [-0.1, -0.05) is 6.92 Å². The van der Waals surface area contributed by atoms with E-state index in [4.69, 9.17) is 0 Å². The molecule has 20 heavy (non-hydrogen) atoms. The van der Waals surface area contributed by atoms with Gasteiger partial charge in [0.1, 0.15) is 5.01 Å². The Hall–Kier alpha value is -0.450. The molecule has 3 nitrogen and oxygen atoms in total. The van der Waals surface area contributed by atoms with Gasteiger partial charge < -0.3 is 5.32 Å². The van der Waals surface area contributed by atoms with Crippen LogP contribution in [0.2, 0.25) is 0 Å². The number of thiazole rings is 1. The van der Waals surface area contributed by atoms with Gasteiger partial charge in [0, 0.05) is 24.2 Å². The van der Waals surface area contributed by atoms with Gasteiger partial charge in [0.25, 0.3) is 0 Å². The standard InChI is InChI=1S/C16H25N3S/c1-12-8-13(12)10-19(11-15-18-6-7-20-15)14-9-16(14)2-4-17-5-3-16/h6-7,12-14,17H,2-5,8-11H2,1H3. The van der Waals surface area contributed by atoms with Gasteiger partial charge in [0.2, 0.25) is 0 Å². The minimum atomic E-state index is 0.653. The molecule has 4 heteroatoms. The highest BCUT2D eigenvalue weighted by atomic mass is 32.1. The number of hydrogen-bond acceptors (Lipinski definition) is 4. The van der Waals surface area contributed by atoms with Crippen LogP contribution in [0.3, 0.4) is 0 Å². The van der Waals surface area contributed by atoms with E-state index in [1.807, 2.05) is 17.5 Å². The van der Waals surface area contributed by atoms with Gasteiger partial charge in [-0.15, -0.1) is 11.3 Å². The van der Waals surface area contributed by atoms with Crippen molar-refractivity contribution in [2.24, 2.45) is 17.3 Å². The molecule has 3 unspecified atom stereocenters. The fraction of sp³-hybridized carbons (Fsp3) is 0.812. The number of aromatic nitrogens is 1. The van der Waals surface area contributed by atoms with E-state index >= 15 is 0 Å². The summed E-state index contributed by atoms with van der Waals surface area (Å²) in [5.41, 5.74) is 0.653. The first-order valence-corrected chi connectivity index (χ1v) is 8.98. The highest BCUT2D eigenvalue weighted by Gasteiger charge is 2.57. The summed E-state index contributed by atoms with van der Waals surface area (Å²) in [5.74, 6) is 1.91. The van der Waals surface area contributed by atoms with E-state index < -0.39 is 0 Å². The minimum Gasteiger partial charge on any atom is -0.317 e. The Labute approximate surface area is 125 Å². The summed E-state index contributed by atoms with van der Waals surface area (Å²) in [6.07, 6.45) is 7.58. The first-order valence-electron chi connectivity index (χ1n) is 8.10. The van der Waals surface area contributed by atoms with Gasteiger partial charge in [0.05, 0.1) is 6.54 Å². The van der Waals surface area contributed by atoms with Crippen LogP contribution in [0.25, 0.3) is 0 Å². The molecule has 0 radical (unpaired) electrons. The molecule has 1 aliphatic heterocycles. The molecule has 3 aliphatic rings. The van der Waals surface area contributed by atoms with Crippen LogP contribution in [0.15, 0.2) is 11.6 Å². The lowest BCUT2D eigenvalue weighted by Gasteiger charge is -2.29. The van der Waals surface area contributed by atoms with Crippen molar-refractivity contribution in [3.05, 3.63) is 16.6 Å². The van der Waals surface area contributed by atoms with Gasteiger partial charge >= 0.3 is 0 Å². The monoisotopic (exact) mass is 291 g/mol. The van der Waals surface area contributed by atoms with E-state index in [-0.39, 0.29) is 0 Å². The second-order valence-corrected chi connectivity index (χ2v) is 8.14. The Morgan fingerprint density at radius 1 is 1.45 bits per heavy atom. The van der Waals surface area contributed by atoms with Crippen molar-refractivity contribution in [2.45, 2.75) is 45.2 Å². The minimum absolute atomic E-state index is 0.653. The molecule has 4 rings (SSSR count). The van der Waals surface area contributed by atoms with E-state index in [9.17, 15) is 0 Å². The molecule has 1 N–H and O–H groups in total. The first-order chi connectivity index (χ1) is 9.77. The lowest BCUT2D eigenvalue weighted by molar-refractivity contribution is 0.186. The van der Waals surface area contributed by atoms with Gasteiger partial charge in [-0.3, -0.25) is 4.90 Å². The van der Waals surface area contributed by atoms with Crippen molar-refractivity contribution < 1.29 is 0 Å². The molecule has 0 amide bonds. The van der Waals surface area contributed by atoms with Crippen LogP contribution in [0.5, 0.6) is 0 Å². The van der Waals surface area contributed by atoms with Crippen LogP contribution in [-0.4, -0.2) is 35.6 Å². The quantitative estimate of drug-likeness (QED) is 0.904. The Bertz CT molecular complexity index is 452. The smallest absolute Gasteiger partial charge is 0.107 e. The summed E-state index contributed by atoms with van der Waals surface area (Å²) in [7, 11) is 0. The second kappa shape index (κ2) is 5.08. The summed E-state index contributed by atoms with van der Waals surface area (Å²) in [4.78, 5) is 7.29. The molecule has 3 atom stereocenters. The lowest BCUT2D eigenvalue weighted by atomic mass is 9.93. The molecule has 2 saturated carbocycles. The summed E-state index contributed by atoms with van der Waals surface area (Å²) < 4.78 is 0. The molecule has 110 valence electrons. The Morgan fingerprint density at radius 2 is 2.25 bits per heavy atom. The maximum Gasteiger partial charge on any atom is 0.107 e. The molecule has 1 aromatic rings. The lowest BCUT2D eigenvalue weighted by Crippen LogP contribution is -2.37. The third-order valence-corrected chi connectivity index (χ3v) is 6.52. The second-order valence-electron chi connectivity index (χ2n) is 7.16. The van der Waals surface area contributed by atoms with Gasteiger partial charge in [-0.05, 0) is 56.0 Å². The van der Waals surface area contributed by atoms with Crippen LogP contribution in [0, 0.1) is 17.3 Å². The zero-order valence-corrected chi connectivity index (χ0v) is 13.2. The molecule has 2 heterocycles. The van der Waals surface area contributed by atoms with E-state index in [1.54, 1.807) is 0 Å².